The van der Waals surface area contributed by atoms with Gasteiger partial charge in [0.25, 0.3) is 0 Å². The minimum absolute atomic E-state index is 0.0926. The van der Waals surface area contributed by atoms with Crippen molar-refractivity contribution in [3.63, 3.8) is 0 Å². The van der Waals surface area contributed by atoms with Crippen LogP contribution in [-0.4, -0.2) is 22.3 Å². The second kappa shape index (κ2) is 8.20. The van der Waals surface area contributed by atoms with E-state index in [9.17, 15) is 5.11 Å². The molecule has 3 aromatic rings. The van der Waals surface area contributed by atoms with Gasteiger partial charge in [-0.05, 0) is 80.6 Å². The van der Waals surface area contributed by atoms with E-state index in [4.69, 9.17) is 21.3 Å². The summed E-state index contributed by atoms with van der Waals surface area (Å²) in [6.45, 7) is 10.1. The number of ether oxygens (including phenoxy) is 1. The largest absolute Gasteiger partial charge is 0.393 e. The quantitative estimate of drug-likeness (QED) is 0.551. The van der Waals surface area contributed by atoms with Crippen molar-refractivity contribution in [3.8, 4) is 11.1 Å². The summed E-state index contributed by atoms with van der Waals surface area (Å²) in [4.78, 5) is 4.83. The maximum atomic E-state index is 10.2. The molecule has 0 spiro atoms. The third-order valence-electron chi connectivity index (χ3n) is 4.78. The first-order valence-electron chi connectivity index (χ1n) is 9.71. The van der Waals surface area contributed by atoms with Crippen LogP contribution < -0.4 is 0 Å². The molecule has 0 saturated heterocycles. The van der Waals surface area contributed by atoms with E-state index in [0.717, 1.165) is 45.3 Å². The van der Waals surface area contributed by atoms with Gasteiger partial charge in [0.15, 0.2) is 0 Å². The first kappa shape index (κ1) is 20.8. The second-order valence-corrected chi connectivity index (χ2v) is 8.55. The van der Waals surface area contributed by atoms with Crippen molar-refractivity contribution in [2.75, 3.05) is 6.61 Å². The number of nitrogens with zero attached hydrogens (tertiary/aromatic N) is 1. The number of aliphatic hydroxyl groups is 1. The highest BCUT2D eigenvalue weighted by Gasteiger charge is 2.26. The van der Waals surface area contributed by atoms with E-state index in [0.29, 0.717) is 5.02 Å². The number of halogens is 1. The van der Waals surface area contributed by atoms with Crippen molar-refractivity contribution in [1.82, 2.24) is 4.98 Å². The van der Waals surface area contributed by atoms with E-state index in [-0.39, 0.29) is 12.2 Å². The fraction of sp³-hybridized carbons (Fsp3) is 0.375. The lowest BCUT2D eigenvalue weighted by molar-refractivity contribution is -0.0821. The van der Waals surface area contributed by atoms with Crippen molar-refractivity contribution in [1.29, 1.82) is 0 Å². The highest BCUT2D eigenvalue weighted by atomic mass is 35.5. The normalized spacial score (nSPS) is 13.1. The van der Waals surface area contributed by atoms with E-state index >= 15 is 0 Å². The highest BCUT2D eigenvalue weighted by Crippen LogP contribution is 2.40. The second-order valence-electron chi connectivity index (χ2n) is 8.11. The number of aromatic nitrogens is 1. The molecule has 0 aliphatic rings. The van der Waals surface area contributed by atoms with Gasteiger partial charge < -0.3 is 9.84 Å². The molecule has 4 heteroatoms. The Labute approximate surface area is 172 Å². The molecule has 0 fully saturated rings. The summed E-state index contributed by atoms with van der Waals surface area (Å²) < 4.78 is 6.24. The van der Waals surface area contributed by atoms with E-state index in [2.05, 4.69) is 32.0 Å². The minimum Gasteiger partial charge on any atom is -0.393 e. The highest BCUT2D eigenvalue weighted by molar-refractivity contribution is 6.30. The zero-order valence-corrected chi connectivity index (χ0v) is 18.0. The summed E-state index contributed by atoms with van der Waals surface area (Å²) in [5.74, 6) is 0. The molecule has 1 aromatic heterocycles. The lowest BCUT2D eigenvalue weighted by Crippen LogP contribution is -2.25. The molecule has 0 amide bonds. The van der Waals surface area contributed by atoms with Crippen LogP contribution in [0.25, 0.3) is 22.0 Å². The molecule has 2 aromatic carbocycles. The molecular weight excluding hydrogens is 370 g/mol. The lowest BCUT2D eigenvalue weighted by atomic mass is 9.88. The van der Waals surface area contributed by atoms with Gasteiger partial charge in [0.2, 0.25) is 0 Å². The Morgan fingerprint density at radius 2 is 1.79 bits per heavy atom. The molecule has 0 aliphatic heterocycles. The maximum absolute atomic E-state index is 10.2. The standard InChI is InChI=1S/C24H28ClNO2/c1-6-18-11-12-19-20(26-18)13-15(2)22(21(14-27)28-24(3,4)5)23(19)16-7-9-17(25)10-8-16/h7-13,21,27H,6,14H2,1-5H3. The molecular formula is C24H28ClNO2. The fourth-order valence-electron chi connectivity index (χ4n) is 3.62. The predicted molar refractivity (Wildman–Crippen MR) is 117 cm³/mol. The summed E-state index contributed by atoms with van der Waals surface area (Å²) in [5.41, 5.74) is 5.78. The average molecular weight is 398 g/mol. The van der Waals surface area contributed by atoms with E-state index in [1.54, 1.807) is 0 Å². The average Bonchev–Trinajstić information content (AvgIpc) is 2.65. The van der Waals surface area contributed by atoms with Crippen LogP contribution in [0.1, 0.15) is 50.6 Å². The van der Waals surface area contributed by atoms with Crippen molar-refractivity contribution in [2.24, 2.45) is 0 Å². The molecule has 0 saturated carbocycles. The van der Waals surface area contributed by atoms with Crippen LogP contribution in [0.5, 0.6) is 0 Å². The third-order valence-corrected chi connectivity index (χ3v) is 5.03. The number of hydrogen-bond acceptors (Lipinski definition) is 3. The van der Waals surface area contributed by atoms with Crippen LogP contribution in [0.4, 0.5) is 0 Å². The van der Waals surface area contributed by atoms with Gasteiger partial charge in [-0.3, -0.25) is 4.98 Å². The van der Waals surface area contributed by atoms with Crippen LogP contribution >= 0.6 is 11.6 Å². The van der Waals surface area contributed by atoms with Gasteiger partial charge in [0, 0.05) is 16.1 Å². The zero-order valence-electron chi connectivity index (χ0n) is 17.2. The van der Waals surface area contributed by atoms with Gasteiger partial charge in [-0.15, -0.1) is 0 Å². The number of benzene rings is 2. The fourth-order valence-corrected chi connectivity index (χ4v) is 3.74. The van der Waals surface area contributed by atoms with Crippen LogP contribution in [0.2, 0.25) is 5.02 Å². The Morgan fingerprint density at radius 3 is 2.36 bits per heavy atom. The van der Waals surface area contributed by atoms with Gasteiger partial charge in [-0.2, -0.15) is 0 Å². The Bertz CT molecular complexity index is 975. The van der Waals surface area contributed by atoms with Crippen LogP contribution in [0, 0.1) is 6.92 Å². The molecule has 148 valence electrons. The van der Waals surface area contributed by atoms with Gasteiger partial charge in [-0.1, -0.05) is 36.7 Å². The Morgan fingerprint density at radius 1 is 1.11 bits per heavy atom. The first-order chi connectivity index (χ1) is 13.2. The molecule has 3 rings (SSSR count). The summed E-state index contributed by atoms with van der Waals surface area (Å²) >= 11 is 6.13. The van der Waals surface area contributed by atoms with Crippen molar-refractivity contribution >= 4 is 22.5 Å². The van der Waals surface area contributed by atoms with E-state index in [1.165, 1.54) is 0 Å². The van der Waals surface area contributed by atoms with Crippen molar-refractivity contribution in [3.05, 3.63) is 64.3 Å². The number of fused-ring (bicyclic) bond motifs is 1. The minimum atomic E-state index is -0.430. The molecule has 1 atom stereocenters. The predicted octanol–water partition coefficient (Wildman–Crippen LogP) is 6.27. The summed E-state index contributed by atoms with van der Waals surface area (Å²) in [6.07, 6.45) is 0.459. The Kier molecular flexibility index (Phi) is 6.09. The van der Waals surface area contributed by atoms with Gasteiger partial charge in [0.1, 0.15) is 6.10 Å². The molecule has 0 aliphatic carbocycles. The molecule has 1 unspecified atom stereocenters. The van der Waals surface area contributed by atoms with Crippen molar-refractivity contribution in [2.45, 2.75) is 52.7 Å². The van der Waals surface area contributed by atoms with Gasteiger partial charge >= 0.3 is 0 Å². The topological polar surface area (TPSA) is 42.4 Å². The molecule has 3 nitrogen and oxygen atoms in total. The maximum Gasteiger partial charge on any atom is 0.107 e. The van der Waals surface area contributed by atoms with Crippen LogP contribution in [-0.2, 0) is 11.2 Å². The van der Waals surface area contributed by atoms with Crippen LogP contribution in [0.15, 0.2) is 42.5 Å². The number of pyridine rings is 1. The summed E-state index contributed by atoms with van der Waals surface area (Å²) in [5, 5.41) is 11.9. The lowest BCUT2D eigenvalue weighted by Gasteiger charge is -2.30. The number of rotatable bonds is 5. The molecule has 0 bridgehead atoms. The van der Waals surface area contributed by atoms with E-state index in [1.807, 2.05) is 45.0 Å². The van der Waals surface area contributed by atoms with Gasteiger partial charge in [-0.25, -0.2) is 0 Å². The summed E-state index contributed by atoms with van der Waals surface area (Å²) in [7, 11) is 0. The number of hydrogen-bond donors (Lipinski definition) is 1. The summed E-state index contributed by atoms with van der Waals surface area (Å²) in [6, 6.07) is 14.1. The molecule has 28 heavy (non-hydrogen) atoms. The number of aliphatic hydroxyl groups excluding tert-OH is 1. The number of aryl methyl sites for hydroxylation is 2. The van der Waals surface area contributed by atoms with Gasteiger partial charge in [0.05, 0.1) is 17.7 Å². The molecule has 1 heterocycles. The third kappa shape index (κ3) is 4.38. The molecule has 1 N–H and O–H groups in total. The smallest absolute Gasteiger partial charge is 0.107 e. The monoisotopic (exact) mass is 397 g/mol. The zero-order chi connectivity index (χ0) is 20.5. The van der Waals surface area contributed by atoms with Crippen molar-refractivity contribution < 1.29 is 9.84 Å². The first-order valence-corrected chi connectivity index (χ1v) is 10.1. The Balaban J connectivity index is 2.33. The Hall–Kier alpha value is -1.94. The van der Waals surface area contributed by atoms with E-state index < -0.39 is 6.10 Å². The SMILES string of the molecule is CCc1ccc2c(-c3ccc(Cl)cc3)c(C(CO)OC(C)(C)C)c(C)cc2n1. The van der Waals surface area contributed by atoms with Crippen LogP contribution in [0.3, 0.4) is 0 Å². The molecule has 0 radical (unpaired) electrons.